The topological polar surface area (TPSA) is 56.7 Å². The van der Waals surface area contributed by atoms with Crippen LogP contribution in [0.1, 0.15) is 0 Å². The minimum absolute atomic E-state index is 0.588. The van der Waals surface area contributed by atoms with Gasteiger partial charge in [0.2, 0.25) is 0 Å². The highest BCUT2D eigenvalue weighted by Gasteiger charge is 2.22. The van der Waals surface area contributed by atoms with Gasteiger partial charge in [0.05, 0.1) is 11.0 Å². The normalized spacial score (nSPS) is 11.5. The Labute approximate surface area is 357 Å². The van der Waals surface area contributed by atoms with Crippen molar-refractivity contribution < 1.29 is 4.42 Å². The van der Waals surface area contributed by atoms with Crippen LogP contribution < -0.4 is 0 Å². The van der Waals surface area contributed by atoms with E-state index in [0.29, 0.717) is 17.5 Å². The number of aromatic nitrogens is 4. The van der Waals surface area contributed by atoms with E-state index < -0.39 is 0 Å². The summed E-state index contributed by atoms with van der Waals surface area (Å²) in [6.45, 7) is 0. The van der Waals surface area contributed by atoms with Crippen molar-refractivity contribution in [1.29, 1.82) is 0 Å². The molecule has 62 heavy (non-hydrogen) atoms. The van der Waals surface area contributed by atoms with E-state index >= 15 is 0 Å². The quantitative estimate of drug-likeness (QED) is 0.161. The van der Waals surface area contributed by atoms with Gasteiger partial charge in [0.1, 0.15) is 11.2 Å². The molecular weight excluding hydrogens is 757 g/mol. The van der Waals surface area contributed by atoms with Gasteiger partial charge in [-0.1, -0.05) is 176 Å². The Kier molecular flexibility index (Phi) is 8.42. The van der Waals surface area contributed by atoms with Crippen LogP contribution in [-0.2, 0) is 0 Å². The molecule has 0 atom stereocenters. The molecule has 9 aromatic carbocycles. The molecule has 12 aromatic rings. The van der Waals surface area contributed by atoms with Gasteiger partial charge in [-0.05, 0) is 69.8 Å². The Morgan fingerprint density at radius 3 is 1.56 bits per heavy atom. The third-order valence-electron chi connectivity index (χ3n) is 11.9. The van der Waals surface area contributed by atoms with E-state index in [1.54, 1.807) is 0 Å². The van der Waals surface area contributed by atoms with Crippen molar-refractivity contribution in [2.75, 3.05) is 0 Å². The molecule has 0 bridgehead atoms. The number of hydrogen-bond acceptors (Lipinski definition) is 4. The first-order valence-electron chi connectivity index (χ1n) is 20.9. The maximum absolute atomic E-state index is 6.81. The summed E-state index contributed by atoms with van der Waals surface area (Å²) in [5.74, 6) is 1.81. The number of para-hydroxylation sites is 2. The van der Waals surface area contributed by atoms with Crippen LogP contribution in [0.15, 0.2) is 223 Å². The third kappa shape index (κ3) is 5.98. The molecule has 0 unspecified atom stereocenters. The average molecular weight is 793 g/mol. The molecular formula is C57H36N4O. The maximum Gasteiger partial charge on any atom is 0.164 e. The van der Waals surface area contributed by atoms with Crippen molar-refractivity contribution in [3.05, 3.63) is 218 Å². The summed E-state index contributed by atoms with van der Waals surface area (Å²) in [6.07, 6.45) is 0. The lowest BCUT2D eigenvalue weighted by Crippen LogP contribution is -2.01. The van der Waals surface area contributed by atoms with E-state index in [1.165, 1.54) is 10.8 Å². The first kappa shape index (κ1) is 35.5. The van der Waals surface area contributed by atoms with Gasteiger partial charge < -0.3 is 8.98 Å². The average Bonchev–Trinajstić information content (AvgIpc) is 3.89. The molecule has 290 valence electrons. The lowest BCUT2D eigenvalue weighted by atomic mass is 9.89. The smallest absolute Gasteiger partial charge is 0.164 e. The molecule has 0 aliphatic heterocycles. The van der Waals surface area contributed by atoms with Gasteiger partial charge in [-0.15, -0.1) is 0 Å². The Morgan fingerprint density at radius 1 is 0.306 bits per heavy atom. The van der Waals surface area contributed by atoms with Gasteiger partial charge >= 0.3 is 0 Å². The van der Waals surface area contributed by atoms with Crippen LogP contribution in [0, 0.1) is 0 Å². The maximum atomic E-state index is 6.81. The van der Waals surface area contributed by atoms with E-state index in [0.717, 1.165) is 88.7 Å². The highest BCUT2D eigenvalue weighted by atomic mass is 16.3. The Bertz CT molecular complexity index is 3560. The zero-order valence-electron chi connectivity index (χ0n) is 33.5. The largest absolute Gasteiger partial charge is 0.456 e. The predicted octanol–water partition coefficient (Wildman–Crippen LogP) is 14.9. The molecule has 0 amide bonds. The number of fused-ring (bicyclic) bond motifs is 6. The Hall–Kier alpha value is -8.41. The highest BCUT2D eigenvalue weighted by Crippen LogP contribution is 2.45. The summed E-state index contributed by atoms with van der Waals surface area (Å²) in [5, 5.41) is 4.45. The van der Waals surface area contributed by atoms with Crippen molar-refractivity contribution in [3.63, 3.8) is 0 Å². The van der Waals surface area contributed by atoms with Gasteiger partial charge in [0.15, 0.2) is 17.5 Å². The van der Waals surface area contributed by atoms with E-state index in [9.17, 15) is 0 Å². The molecule has 0 aliphatic rings. The predicted molar refractivity (Wildman–Crippen MR) is 254 cm³/mol. The van der Waals surface area contributed by atoms with Crippen LogP contribution in [0.2, 0.25) is 0 Å². The van der Waals surface area contributed by atoms with E-state index in [2.05, 4.69) is 187 Å². The number of furan rings is 1. The molecule has 0 spiro atoms. The first-order chi connectivity index (χ1) is 30.7. The van der Waals surface area contributed by atoms with Crippen LogP contribution in [0.25, 0.3) is 117 Å². The lowest BCUT2D eigenvalue weighted by molar-refractivity contribution is 0.669. The fourth-order valence-electron chi connectivity index (χ4n) is 9.03. The number of nitrogens with zero attached hydrogens (tertiary/aromatic N) is 4. The molecule has 0 aliphatic carbocycles. The zero-order chi connectivity index (χ0) is 41.0. The van der Waals surface area contributed by atoms with Gasteiger partial charge in [0.25, 0.3) is 0 Å². The summed E-state index contributed by atoms with van der Waals surface area (Å²) in [6, 6.07) is 76.2. The molecule has 3 heterocycles. The van der Waals surface area contributed by atoms with Gasteiger partial charge in [0, 0.05) is 50.0 Å². The molecule has 12 rings (SSSR count). The lowest BCUT2D eigenvalue weighted by Gasteiger charge is -2.16. The summed E-state index contributed by atoms with van der Waals surface area (Å²) in [5.41, 5.74) is 14.2. The van der Waals surface area contributed by atoms with Crippen LogP contribution in [0.4, 0.5) is 0 Å². The highest BCUT2D eigenvalue weighted by molar-refractivity contribution is 6.20. The van der Waals surface area contributed by atoms with Crippen LogP contribution in [0.3, 0.4) is 0 Å². The number of benzene rings is 9. The summed E-state index contributed by atoms with van der Waals surface area (Å²) >= 11 is 0. The minimum Gasteiger partial charge on any atom is -0.456 e. The summed E-state index contributed by atoms with van der Waals surface area (Å²) in [4.78, 5) is 15.6. The van der Waals surface area contributed by atoms with Crippen LogP contribution in [-0.4, -0.2) is 19.5 Å². The molecule has 0 N–H and O–H groups in total. The van der Waals surface area contributed by atoms with Gasteiger partial charge in [-0.25, -0.2) is 15.0 Å². The number of hydrogen-bond donors (Lipinski definition) is 0. The zero-order valence-corrected chi connectivity index (χ0v) is 33.5. The fraction of sp³-hybridized carbons (Fsp3) is 0. The van der Waals surface area contributed by atoms with Crippen molar-refractivity contribution in [2.24, 2.45) is 0 Å². The van der Waals surface area contributed by atoms with Crippen molar-refractivity contribution >= 4 is 43.7 Å². The summed E-state index contributed by atoms with van der Waals surface area (Å²) < 4.78 is 9.14. The third-order valence-corrected chi connectivity index (χ3v) is 11.9. The molecule has 3 aromatic heterocycles. The molecule has 0 saturated heterocycles. The van der Waals surface area contributed by atoms with E-state index in [4.69, 9.17) is 19.4 Å². The van der Waals surface area contributed by atoms with Crippen molar-refractivity contribution in [3.8, 4) is 73.2 Å². The molecule has 5 nitrogen and oxygen atoms in total. The first-order valence-corrected chi connectivity index (χ1v) is 20.9. The van der Waals surface area contributed by atoms with Crippen molar-refractivity contribution in [1.82, 2.24) is 19.5 Å². The Morgan fingerprint density at radius 2 is 0.871 bits per heavy atom. The minimum atomic E-state index is 0.588. The molecule has 5 heteroatoms. The molecule has 0 fully saturated rings. The van der Waals surface area contributed by atoms with Gasteiger partial charge in [-0.2, -0.15) is 0 Å². The summed E-state index contributed by atoms with van der Waals surface area (Å²) in [7, 11) is 0. The fourth-order valence-corrected chi connectivity index (χ4v) is 9.03. The van der Waals surface area contributed by atoms with E-state index in [-0.39, 0.29) is 0 Å². The second-order valence-corrected chi connectivity index (χ2v) is 15.5. The van der Waals surface area contributed by atoms with Crippen LogP contribution >= 0.6 is 0 Å². The molecule has 0 radical (unpaired) electrons. The number of rotatable bonds is 7. The van der Waals surface area contributed by atoms with Crippen LogP contribution in [0.5, 0.6) is 0 Å². The monoisotopic (exact) mass is 792 g/mol. The van der Waals surface area contributed by atoms with Gasteiger partial charge in [-0.3, -0.25) is 0 Å². The standard InChI is InChI=1S/C57H36N4O/c1-5-18-37(19-6-1)42-26-13-14-27-43(42)40-32-33-44(48(34-40)57-59-55(38-20-7-2-8-21-38)58-56(60-57)39-22-9-3-10-23-39)46-29-17-31-52-54(46)49-35-47-45-28-15-16-30-50(45)61(41-24-11-4-12-25-41)51(47)36-53(49)62-52/h1-36H. The second-order valence-electron chi connectivity index (χ2n) is 15.5. The van der Waals surface area contributed by atoms with E-state index in [1.807, 2.05) is 36.4 Å². The van der Waals surface area contributed by atoms with Crippen molar-refractivity contribution in [2.45, 2.75) is 0 Å². The SMILES string of the molecule is c1ccc(-c2nc(-c3ccccc3)nc(-c3cc(-c4ccccc4-c4ccccc4)ccc3-c3cccc4oc5cc6c(cc5c34)c3ccccc3n6-c3ccccc3)n2)cc1. The Balaban J connectivity index is 1.14. The molecule has 0 saturated carbocycles. The second kappa shape index (κ2) is 14.7.